The maximum atomic E-state index is 12.1. The predicted molar refractivity (Wildman–Crippen MR) is 79.3 cm³/mol. The number of hydrogen-bond donors (Lipinski definition) is 0. The van der Waals surface area contributed by atoms with Crippen LogP contribution in [0, 0.1) is 6.92 Å². The Bertz CT molecular complexity index is 505. The first-order valence-electron chi connectivity index (χ1n) is 6.68. The number of piperazine rings is 1. The normalized spacial score (nSPS) is 17.9. The summed E-state index contributed by atoms with van der Waals surface area (Å²) in [4.78, 5) is 6.62. The second kappa shape index (κ2) is 6.19. The molecule has 0 saturated carbocycles. The maximum Gasteiger partial charge on any atom is 0.214 e. The van der Waals surface area contributed by atoms with Crippen molar-refractivity contribution in [3.8, 4) is 0 Å². The van der Waals surface area contributed by atoms with E-state index in [0.717, 1.165) is 36.8 Å². The summed E-state index contributed by atoms with van der Waals surface area (Å²) in [5.41, 5.74) is 1.03. The fourth-order valence-electron chi connectivity index (χ4n) is 2.10. The lowest BCUT2D eigenvalue weighted by molar-refractivity contribution is 0.384. The summed E-state index contributed by atoms with van der Waals surface area (Å²) in [6.45, 7) is 6.61. The zero-order valence-corrected chi connectivity index (χ0v) is 13.1. The third-order valence-electron chi connectivity index (χ3n) is 3.27. The number of sulfonamides is 1. The molecule has 2 rings (SSSR count). The Kier molecular flexibility index (Phi) is 4.81. The smallest absolute Gasteiger partial charge is 0.214 e. The van der Waals surface area contributed by atoms with Crippen molar-refractivity contribution in [2.24, 2.45) is 0 Å². The van der Waals surface area contributed by atoms with Gasteiger partial charge in [0.25, 0.3) is 0 Å². The molecule has 1 aromatic heterocycles. The minimum atomic E-state index is -3.06. The Balaban J connectivity index is 1.92. The molecule has 0 aromatic carbocycles. The fraction of sp³-hybridized carbons (Fsp3) is 0.750. The molecule has 5 nitrogen and oxygen atoms in total. The van der Waals surface area contributed by atoms with Gasteiger partial charge in [-0.05, 0) is 13.3 Å². The minimum absolute atomic E-state index is 0.278. The Morgan fingerprint density at radius 1 is 1.32 bits per heavy atom. The van der Waals surface area contributed by atoms with Gasteiger partial charge in [0.1, 0.15) is 0 Å². The van der Waals surface area contributed by atoms with Crippen LogP contribution in [0.5, 0.6) is 0 Å². The van der Waals surface area contributed by atoms with Crippen LogP contribution in [0.1, 0.15) is 25.5 Å². The molecule has 108 valence electrons. The standard InChI is InChI=1S/C12H21N3O2S2/c1-3-4-9-19(16,17)15-7-5-14(6-8-15)12-13-11(2)10-18-12/h10H,3-9H2,1-2H3. The molecule has 0 atom stereocenters. The number of anilines is 1. The highest BCUT2D eigenvalue weighted by atomic mass is 32.2. The van der Waals surface area contributed by atoms with Gasteiger partial charge in [0, 0.05) is 31.6 Å². The average molecular weight is 303 g/mol. The van der Waals surface area contributed by atoms with Gasteiger partial charge in [0.15, 0.2) is 5.13 Å². The summed E-state index contributed by atoms with van der Waals surface area (Å²) >= 11 is 1.63. The molecular formula is C12H21N3O2S2. The van der Waals surface area contributed by atoms with E-state index in [1.165, 1.54) is 0 Å². The highest BCUT2D eigenvalue weighted by Crippen LogP contribution is 2.22. The molecule has 19 heavy (non-hydrogen) atoms. The Morgan fingerprint density at radius 3 is 2.53 bits per heavy atom. The summed E-state index contributed by atoms with van der Waals surface area (Å²) in [5.74, 6) is 0.278. The van der Waals surface area contributed by atoms with Crippen molar-refractivity contribution in [1.29, 1.82) is 0 Å². The van der Waals surface area contributed by atoms with Crippen molar-refractivity contribution in [2.75, 3.05) is 36.8 Å². The number of aromatic nitrogens is 1. The molecule has 0 amide bonds. The average Bonchev–Trinajstić information content (AvgIpc) is 2.83. The summed E-state index contributed by atoms with van der Waals surface area (Å²) < 4.78 is 25.8. The van der Waals surface area contributed by atoms with Crippen molar-refractivity contribution in [1.82, 2.24) is 9.29 Å². The van der Waals surface area contributed by atoms with Gasteiger partial charge in [0.05, 0.1) is 11.4 Å². The van der Waals surface area contributed by atoms with E-state index < -0.39 is 10.0 Å². The summed E-state index contributed by atoms with van der Waals surface area (Å²) in [6, 6.07) is 0. The van der Waals surface area contributed by atoms with E-state index in [-0.39, 0.29) is 5.75 Å². The molecule has 1 fully saturated rings. The summed E-state index contributed by atoms with van der Waals surface area (Å²) in [5, 5.41) is 3.03. The van der Waals surface area contributed by atoms with Gasteiger partial charge in [0.2, 0.25) is 10.0 Å². The van der Waals surface area contributed by atoms with Crippen molar-refractivity contribution < 1.29 is 8.42 Å². The first-order valence-corrected chi connectivity index (χ1v) is 9.16. The SMILES string of the molecule is CCCCS(=O)(=O)N1CCN(c2nc(C)cs2)CC1. The summed E-state index contributed by atoms with van der Waals surface area (Å²) in [7, 11) is -3.06. The van der Waals surface area contributed by atoms with E-state index in [9.17, 15) is 8.42 Å². The molecule has 1 saturated heterocycles. The van der Waals surface area contributed by atoms with E-state index in [0.29, 0.717) is 13.1 Å². The number of rotatable bonds is 5. The molecule has 7 heteroatoms. The van der Waals surface area contributed by atoms with Crippen LogP contribution in [0.4, 0.5) is 5.13 Å². The van der Waals surface area contributed by atoms with Crippen LogP contribution >= 0.6 is 11.3 Å². The van der Waals surface area contributed by atoms with Crippen LogP contribution in [-0.2, 0) is 10.0 Å². The van der Waals surface area contributed by atoms with Gasteiger partial charge in [-0.3, -0.25) is 0 Å². The fourth-order valence-corrected chi connectivity index (χ4v) is 4.59. The van der Waals surface area contributed by atoms with Gasteiger partial charge < -0.3 is 4.90 Å². The molecule has 1 aromatic rings. The maximum absolute atomic E-state index is 12.1. The number of nitrogens with zero attached hydrogens (tertiary/aromatic N) is 3. The molecule has 0 unspecified atom stereocenters. The van der Waals surface area contributed by atoms with Crippen LogP contribution in [0.25, 0.3) is 0 Å². The molecular weight excluding hydrogens is 282 g/mol. The number of hydrogen-bond acceptors (Lipinski definition) is 5. The molecule has 0 aliphatic carbocycles. The van der Waals surface area contributed by atoms with Crippen molar-refractivity contribution in [3.63, 3.8) is 0 Å². The van der Waals surface area contributed by atoms with Crippen LogP contribution < -0.4 is 4.90 Å². The van der Waals surface area contributed by atoms with Gasteiger partial charge in [-0.25, -0.2) is 13.4 Å². The van der Waals surface area contributed by atoms with Crippen LogP contribution in [0.2, 0.25) is 0 Å². The molecule has 0 bridgehead atoms. The van der Waals surface area contributed by atoms with Crippen LogP contribution in [0.3, 0.4) is 0 Å². The molecule has 1 aliphatic rings. The number of unbranched alkanes of at least 4 members (excludes halogenated alkanes) is 1. The van der Waals surface area contributed by atoms with E-state index in [1.54, 1.807) is 15.6 Å². The Morgan fingerprint density at radius 2 is 2.00 bits per heavy atom. The third-order valence-corrected chi connectivity index (χ3v) is 6.24. The quantitative estimate of drug-likeness (QED) is 0.831. The van der Waals surface area contributed by atoms with Crippen molar-refractivity contribution in [3.05, 3.63) is 11.1 Å². The molecule has 0 radical (unpaired) electrons. The number of thiazole rings is 1. The zero-order valence-electron chi connectivity index (χ0n) is 11.5. The largest absolute Gasteiger partial charge is 0.345 e. The highest BCUT2D eigenvalue weighted by Gasteiger charge is 2.27. The lowest BCUT2D eigenvalue weighted by atomic mass is 10.4. The predicted octanol–water partition coefficient (Wildman–Crippen LogP) is 1.70. The van der Waals surface area contributed by atoms with Gasteiger partial charge in [-0.1, -0.05) is 13.3 Å². The second-order valence-corrected chi connectivity index (χ2v) is 7.75. The third kappa shape index (κ3) is 3.67. The van der Waals surface area contributed by atoms with E-state index >= 15 is 0 Å². The summed E-state index contributed by atoms with van der Waals surface area (Å²) in [6.07, 6.45) is 1.66. The lowest BCUT2D eigenvalue weighted by Crippen LogP contribution is -2.49. The van der Waals surface area contributed by atoms with Gasteiger partial charge in [-0.2, -0.15) is 4.31 Å². The van der Waals surface area contributed by atoms with Crippen molar-refractivity contribution in [2.45, 2.75) is 26.7 Å². The van der Waals surface area contributed by atoms with Gasteiger partial charge in [-0.15, -0.1) is 11.3 Å². The van der Waals surface area contributed by atoms with Gasteiger partial charge >= 0.3 is 0 Å². The second-order valence-electron chi connectivity index (χ2n) is 4.83. The van der Waals surface area contributed by atoms with Crippen molar-refractivity contribution >= 4 is 26.5 Å². The van der Waals surface area contributed by atoms with E-state index in [1.807, 2.05) is 19.2 Å². The first-order chi connectivity index (χ1) is 9.03. The van der Waals surface area contributed by atoms with Crippen LogP contribution in [-0.4, -0.2) is 49.6 Å². The molecule has 0 N–H and O–H groups in total. The highest BCUT2D eigenvalue weighted by molar-refractivity contribution is 7.89. The zero-order chi connectivity index (χ0) is 13.9. The molecule has 0 spiro atoms. The number of aryl methyl sites for hydroxylation is 1. The molecule has 1 aliphatic heterocycles. The van der Waals surface area contributed by atoms with E-state index in [4.69, 9.17) is 0 Å². The Labute approximate surface area is 119 Å². The topological polar surface area (TPSA) is 53.5 Å². The molecule has 2 heterocycles. The van der Waals surface area contributed by atoms with E-state index in [2.05, 4.69) is 9.88 Å². The lowest BCUT2D eigenvalue weighted by Gasteiger charge is -2.33. The monoisotopic (exact) mass is 303 g/mol. The van der Waals surface area contributed by atoms with Crippen LogP contribution in [0.15, 0.2) is 5.38 Å². The first kappa shape index (κ1) is 14.7. The Hall–Kier alpha value is -0.660. The minimum Gasteiger partial charge on any atom is -0.345 e.